The molecule has 120 valence electrons. The molecule has 0 bridgehead atoms. The van der Waals surface area contributed by atoms with Crippen LogP contribution >= 0.6 is 0 Å². The van der Waals surface area contributed by atoms with Gasteiger partial charge in [0.2, 0.25) is 10.0 Å². The number of aryl methyl sites for hydroxylation is 3. The molecule has 1 aromatic heterocycles. The maximum Gasteiger partial charge on any atom is 0.240 e. The van der Waals surface area contributed by atoms with Crippen molar-refractivity contribution in [3.8, 4) is 0 Å². The second-order valence-electron chi connectivity index (χ2n) is 5.65. The molecule has 0 aliphatic carbocycles. The molecule has 0 saturated heterocycles. The minimum absolute atomic E-state index is 0.153. The lowest BCUT2D eigenvalue weighted by atomic mass is 10.1. The summed E-state index contributed by atoms with van der Waals surface area (Å²) in [7, 11) is -1.67. The van der Waals surface area contributed by atoms with E-state index < -0.39 is 10.0 Å². The third-order valence-corrected chi connectivity index (χ3v) is 5.49. The van der Waals surface area contributed by atoms with Crippen LogP contribution in [0.4, 0.5) is 0 Å². The summed E-state index contributed by atoms with van der Waals surface area (Å²) >= 11 is 0. The molecule has 0 aliphatic heterocycles. The molecule has 3 aromatic rings. The summed E-state index contributed by atoms with van der Waals surface area (Å²) in [6.45, 7) is 4.01. The zero-order valence-electron chi connectivity index (χ0n) is 13.4. The van der Waals surface area contributed by atoms with Crippen LogP contribution in [0.15, 0.2) is 47.4 Å². The van der Waals surface area contributed by atoms with Crippen LogP contribution in [0.1, 0.15) is 17.0 Å². The predicted octanol–water partition coefficient (Wildman–Crippen LogP) is 2.67. The van der Waals surface area contributed by atoms with Crippen LogP contribution in [0, 0.1) is 13.8 Å². The lowest BCUT2D eigenvalue weighted by Gasteiger charge is -2.09. The van der Waals surface area contributed by atoms with Crippen molar-refractivity contribution in [1.29, 1.82) is 0 Å². The van der Waals surface area contributed by atoms with Gasteiger partial charge < -0.3 is 4.57 Å². The first-order chi connectivity index (χ1) is 10.9. The Hall–Kier alpha value is -2.18. The Bertz CT molecular complexity index is 975. The summed E-state index contributed by atoms with van der Waals surface area (Å²) in [6.07, 6.45) is 0. The van der Waals surface area contributed by atoms with Crippen molar-refractivity contribution >= 4 is 21.1 Å². The number of benzene rings is 2. The average molecular weight is 329 g/mol. The van der Waals surface area contributed by atoms with Crippen molar-refractivity contribution in [1.82, 2.24) is 14.3 Å². The van der Waals surface area contributed by atoms with Crippen LogP contribution in [0.2, 0.25) is 0 Å². The van der Waals surface area contributed by atoms with E-state index in [1.54, 1.807) is 12.1 Å². The van der Waals surface area contributed by atoms with Crippen molar-refractivity contribution < 1.29 is 8.42 Å². The van der Waals surface area contributed by atoms with Crippen molar-refractivity contribution in [3.05, 3.63) is 59.4 Å². The zero-order chi connectivity index (χ0) is 16.6. The smallest absolute Gasteiger partial charge is 0.240 e. The highest BCUT2D eigenvalue weighted by Gasteiger charge is 2.16. The van der Waals surface area contributed by atoms with E-state index in [9.17, 15) is 8.42 Å². The topological polar surface area (TPSA) is 64.0 Å². The number of rotatable bonds is 4. The highest BCUT2D eigenvalue weighted by atomic mass is 32.2. The molecule has 23 heavy (non-hydrogen) atoms. The maximum atomic E-state index is 12.4. The molecule has 0 spiro atoms. The molecule has 0 saturated carbocycles. The molecule has 1 N–H and O–H groups in total. The molecule has 1 heterocycles. The van der Waals surface area contributed by atoms with E-state index in [-0.39, 0.29) is 11.4 Å². The molecule has 2 aromatic carbocycles. The van der Waals surface area contributed by atoms with Gasteiger partial charge in [-0.15, -0.1) is 0 Å². The average Bonchev–Trinajstić information content (AvgIpc) is 2.85. The van der Waals surface area contributed by atoms with E-state index in [1.165, 1.54) is 0 Å². The molecule has 0 radical (unpaired) electrons. The lowest BCUT2D eigenvalue weighted by Crippen LogP contribution is -2.24. The van der Waals surface area contributed by atoms with E-state index >= 15 is 0 Å². The Morgan fingerprint density at radius 1 is 1.09 bits per heavy atom. The minimum Gasteiger partial charge on any atom is -0.330 e. The number of para-hydroxylation sites is 2. The van der Waals surface area contributed by atoms with Gasteiger partial charge in [-0.25, -0.2) is 18.1 Å². The lowest BCUT2D eigenvalue weighted by molar-refractivity contribution is 0.578. The molecule has 3 rings (SSSR count). The van der Waals surface area contributed by atoms with Gasteiger partial charge in [-0.1, -0.05) is 18.2 Å². The third-order valence-electron chi connectivity index (χ3n) is 4.09. The summed E-state index contributed by atoms with van der Waals surface area (Å²) < 4.78 is 29.4. The molecule has 5 nitrogen and oxygen atoms in total. The quantitative estimate of drug-likeness (QED) is 0.800. The van der Waals surface area contributed by atoms with Crippen LogP contribution < -0.4 is 4.72 Å². The van der Waals surface area contributed by atoms with Crippen LogP contribution in [-0.4, -0.2) is 18.0 Å². The molecule has 0 aliphatic rings. The highest BCUT2D eigenvalue weighted by molar-refractivity contribution is 7.89. The van der Waals surface area contributed by atoms with Gasteiger partial charge in [0.25, 0.3) is 0 Å². The van der Waals surface area contributed by atoms with Gasteiger partial charge in [0, 0.05) is 7.05 Å². The van der Waals surface area contributed by atoms with Gasteiger partial charge in [-0.05, 0) is 49.2 Å². The molecular weight excluding hydrogens is 310 g/mol. The van der Waals surface area contributed by atoms with E-state index in [1.807, 2.05) is 55.8 Å². The van der Waals surface area contributed by atoms with E-state index in [0.717, 1.165) is 22.2 Å². The fourth-order valence-corrected chi connectivity index (χ4v) is 3.54. The van der Waals surface area contributed by atoms with Crippen molar-refractivity contribution in [3.63, 3.8) is 0 Å². The van der Waals surface area contributed by atoms with Crippen molar-refractivity contribution in [2.45, 2.75) is 25.3 Å². The summed E-state index contributed by atoms with van der Waals surface area (Å²) in [5.74, 6) is 0.679. The third kappa shape index (κ3) is 3.00. The molecular formula is C17H19N3O2S. The summed E-state index contributed by atoms with van der Waals surface area (Å²) in [4.78, 5) is 4.75. The maximum absolute atomic E-state index is 12.4. The van der Waals surface area contributed by atoms with Crippen LogP contribution in [-0.2, 0) is 23.6 Å². The summed E-state index contributed by atoms with van der Waals surface area (Å²) in [5, 5.41) is 0. The molecule has 6 heteroatoms. The Balaban J connectivity index is 1.86. The minimum atomic E-state index is -3.56. The first-order valence-electron chi connectivity index (χ1n) is 7.36. The largest absolute Gasteiger partial charge is 0.330 e. The van der Waals surface area contributed by atoms with Crippen LogP contribution in [0.5, 0.6) is 0 Å². The van der Waals surface area contributed by atoms with E-state index in [4.69, 9.17) is 0 Å². The zero-order valence-corrected chi connectivity index (χ0v) is 14.2. The standard InChI is InChI=1S/C17H19N3O2S/c1-12-8-9-14(10-13(12)2)23(21,22)18-11-17-19-15-6-4-5-7-16(15)20(17)3/h4-10,18H,11H2,1-3H3. The van der Waals surface area contributed by atoms with E-state index in [0.29, 0.717) is 5.82 Å². The van der Waals surface area contributed by atoms with Gasteiger partial charge in [-0.2, -0.15) is 0 Å². The molecule has 0 unspecified atom stereocenters. The second kappa shape index (κ2) is 5.79. The number of hydrogen-bond donors (Lipinski definition) is 1. The van der Waals surface area contributed by atoms with Gasteiger partial charge in [0.15, 0.2) is 0 Å². The number of nitrogens with one attached hydrogen (secondary N) is 1. The fourth-order valence-electron chi connectivity index (χ4n) is 2.48. The van der Waals surface area contributed by atoms with Gasteiger partial charge >= 0.3 is 0 Å². The summed E-state index contributed by atoms with van der Waals surface area (Å²) in [6, 6.07) is 12.9. The number of imidazole rings is 1. The Morgan fingerprint density at radius 2 is 1.83 bits per heavy atom. The monoisotopic (exact) mass is 329 g/mol. The molecule has 0 fully saturated rings. The fraction of sp³-hybridized carbons (Fsp3) is 0.235. The first-order valence-corrected chi connectivity index (χ1v) is 8.84. The summed E-state index contributed by atoms with van der Waals surface area (Å²) in [5.41, 5.74) is 3.86. The van der Waals surface area contributed by atoms with Crippen molar-refractivity contribution in [2.24, 2.45) is 7.05 Å². The van der Waals surface area contributed by atoms with Gasteiger partial charge in [0.05, 0.1) is 22.5 Å². The first kappa shape index (κ1) is 15.7. The van der Waals surface area contributed by atoms with Crippen LogP contribution in [0.25, 0.3) is 11.0 Å². The Labute approximate surface area is 136 Å². The van der Waals surface area contributed by atoms with E-state index in [2.05, 4.69) is 9.71 Å². The van der Waals surface area contributed by atoms with Gasteiger partial charge in [-0.3, -0.25) is 0 Å². The highest BCUT2D eigenvalue weighted by Crippen LogP contribution is 2.17. The number of nitrogens with zero attached hydrogens (tertiary/aromatic N) is 2. The molecule has 0 atom stereocenters. The molecule has 0 amide bonds. The van der Waals surface area contributed by atoms with Crippen molar-refractivity contribution in [2.75, 3.05) is 0 Å². The SMILES string of the molecule is Cc1ccc(S(=O)(=O)NCc2nc3ccccc3n2C)cc1C. The van der Waals surface area contributed by atoms with Gasteiger partial charge in [0.1, 0.15) is 5.82 Å². The Morgan fingerprint density at radius 3 is 2.52 bits per heavy atom. The second-order valence-corrected chi connectivity index (χ2v) is 7.41. The predicted molar refractivity (Wildman–Crippen MR) is 90.7 cm³/mol. The number of sulfonamides is 1. The van der Waals surface area contributed by atoms with Crippen LogP contribution in [0.3, 0.4) is 0 Å². The number of aromatic nitrogens is 2. The number of hydrogen-bond acceptors (Lipinski definition) is 3. The Kier molecular flexibility index (Phi) is 3.95. The normalized spacial score (nSPS) is 12.0. The number of fused-ring (bicyclic) bond motifs is 1.